The Morgan fingerprint density at radius 1 is 0.614 bits per heavy atom. The summed E-state index contributed by atoms with van der Waals surface area (Å²) in [5, 5.41) is 0. The monoisotopic (exact) mass is 740 g/mol. The molecule has 0 bridgehead atoms. The minimum absolute atomic E-state index is 0.129. The predicted molar refractivity (Wildman–Crippen MR) is 156 cm³/mol. The standard InChI is InChI=1S/C18H20N2O5.C10H10Br2N2O5/c1-2-18(12-6-4-3-5-7-12)15(21)19(8-13-10-24-13)17(23)20(16(18)22)9-14-11-25-14;11-10(12)7(15)13(1-5-3-18-5)9(17)14(8(10)16)2-6-4-19-6/h3-7,13-14H,2,8-11H2,1H3;5-6H,1-4H2. The van der Waals surface area contributed by atoms with Gasteiger partial charge in [0.15, 0.2) is 5.41 Å². The average molecular weight is 742 g/mol. The van der Waals surface area contributed by atoms with Crippen molar-refractivity contribution < 1.29 is 47.7 Å². The van der Waals surface area contributed by atoms with Gasteiger partial charge in [0, 0.05) is 0 Å². The lowest BCUT2D eigenvalue weighted by Crippen LogP contribution is -2.68. The van der Waals surface area contributed by atoms with E-state index in [1.54, 1.807) is 31.2 Å². The first kappa shape index (κ1) is 31.2. The zero-order valence-electron chi connectivity index (χ0n) is 23.7. The third-order valence-corrected chi connectivity index (χ3v) is 9.48. The minimum atomic E-state index is -1.59. The topological polar surface area (TPSA) is 166 Å². The Kier molecular flexibility index (Phi) is 8.43. The molecule has 0 N–H and O–H groups in total. The maximum Gasteiger partial charge on any atom is 0.333 e. The molecule has 4 atom stereocenters. The smallest absolute Gasteiger partial charge is 0.333 e. The maximum absolute atomic E-state index is 13.3. The van der Waals surface area contributed by atoms with Gasteiger partial charge in [-0.15, -0.1) is 0 Å². The van der Waals surface area contributed by atoms with E-state index in [4.69, 9.17) is 18.9 Å². The van der Waals surface area contributed by atoms with E-state index in [1.807, 2.05) is 6.07 Å². The quantitative estimate of drug-likeness (QED) is 0.192. The summed E-state index contributed by atoms with van der Waals surface area (Å²) in [5.74, 6) is -2.16. The number of epoxide rings is 4. The zero-order chi connectivity index (χ0) is 31.4. The fourth-order valence-corrected chi connectivity index (χ4v) is 6.11. The molecular formula is C28H30Br2N4O10. The lowest BCUT2D eigenvalue weighted by atomic mass is 9.74. The first-order valence-corrected chi connectivity index (χ1v) is 15.8. The van der Waals surface area contributed by atoms with Gasteiger partial charge in [0.25, 0.3) is 23.6 Å². The summed E-state index contributed by atoms with van der Waals surface area (Å²) in [6.45, 7) is 4.59. The SMILES string of the molecule is CCC1(c2ccccc2)C(=O)N(CC2CO2)C(=O)N(CC2CO2)C1=O.O=C1N(CC2CO2)C(=O)C(Br)(Br)C(=O)N1CC1CO1. The molecule has 7 rings (SSSR count). The first-order valence-electron chi connectivity index (χ1n) is 14.2. The highest BCUT2D eigenvalue weighted by Crippen LogP contribution is 2.39. The second-order valence-corrected chi connectivity index (χ2v) is 14.7. The van der Waals surface area contributed by atoms with Gasteiger partial charge in [0.2, 0.25) is 3.23 Å². The second-order valence-electron chi connectivity index (χ2n) is 11.2. The highest BCUT2D eigenvalue weighted by Gasteiger charge is 2.59. The Balaban J connectivity index is 0.000000162. The van der Waals surface area contributed by atoms with Gasteiger partial charge in [-0.25, -0.2) is 9.59 Å². The van der Waals surface area contributed by atoms with E-state index in [1.165, 1.54) is 9.80 Å². The zero-order valence-corrected chi connectivity index (χ0v) is 26.9. The van der Waals surface area contributed by atoms with Crippen LogP contribution in [0.25, 0.3) is 0 Å². The Morgan fingerprint density at radius 3 is 1.23 bits per heavy atom. The molecule has 236 valence electrons. The average Bonchev–Trinajstić information content (AvgIpc) is 3.83. The van der Waals surface area contributed by atoms with E-state index in [-0.39, 0.29) is 57.0 Å². The van der Waals surface area contributed by atoms with Gasteiger partial charge >= 0.3 is 12.1 Å². The van der Waals surface area contributed by atoms with Crippen LogP contribution in [0.2, 0.25) is 0 Å². The molecule has 14 nitrogen and oxygen atoms in total. The van der Waals surface area contributed by atoms with Crippen molar-refractivity contribution in [2.75, 3.05) is 52.6 Å². The van der Waals surface area contributed by atoms with E-state index in [0.717, 1.165) is 9.80 Å². The van der Waals surface area contributed by atoms with Crippen molar-refractivity contribution in [2.24, 2.45) is 0 Å². The summed E-state index contributed by atoms with van der Waals surface area (Å²) in [6.07, 6.45) is -0.241. The molecule has 8 amide bonds. The van der Waals surface area contributed by atoms with Crippen LogP contribution in [0.15, 0.2) is 30.3 Å². The first-order chi connectivity index (χ1) is 21.0. The molecule has 16 heteroatoms. The van der Waals surface area contributed by atoms with E-state index in [0.29, 0.717) is 32.0 Å². The number of amides is 8. The molecule has 44 heavy (non-hydrogen) atoms. The molecule has 6 fully saturated rings. The van der Waals surface area contributed by atoms with Gasteiger partial charge in [0.1, 0.15) is 0 Å². The number of barbiturate groups is 2. The van der Waals surface area contributed by atoms with Crippen molar-refractivity contribution >= 4 is 67.6 Å². The van der Waals surface area contributed by atoms with E-state index in [2.05, 4.69) is 31.9 Å². The number of ether oxygens (including phenoxy) is 4. The van der Waals surface area contributed by atoms with Crippen LogP contribution < -0.4 is 0 Å². The summed E-state index contributed by atoms with van der Waals surface area (Å²) in [5.41, 5.74) is -0.762. The van der Waals surface area contributed by atoms with Gasteiger partial charge < -0.3 is 18.9 Å². The third kappa shape index (κ3) is 5.95. The van der Waals surface area contributed by atoms with Gasteiger partial charge in [-0.05, 0) is 12.0 Å². The lowest BCUT2D eigenvalue weighted by Gasteiger charge is -2.43. The van der Waals surface area contributed by atoms with Gasteiger partial charge in [-0.1, -0.05) is 69.1 Å². The van der Waals surface area contributed by atoms with Crippen LogP contribution in [0, 0.1) is 0 Å². The summed E-state index contributed by atoms with van der Waals surface area (Å²) in [7, 11) is 0. The van der Waals surface area contributed by atoms with Crippen molar-refractivity contribution in [1.29, 1.82) is 0 Å². The fraction of sp³-hybridized carbons (Fsp3) is 0.571. The Morgan fingerprint density at radius 2 is 0.932 bits per heavy atom. The van der Waals surface area contributed by atoms with Gasteiger partial charge in [-0.3, -0.25) is 38.8 Å². The summed E-state index contributed by atoms with van der Waals surface area (Å²) in [6, 6.07) is 7.79. The summed E-state index contributed by atoms with van der Waals surface area (Å²) in [4.78, 5) is 80.3. The number of nitrogens with zero attached hydrogens (tertiary/aromatic N) is 4. The van der Waals surface area contributed by atoms with Crippen LogP contribution in [-0.4, -0.2) is 136 Å². The van der Waals surface area contributed by atoms with Crippen LogP contribution in [0.5, 0.6) is 0 Å². The summed E-state index contributed by atoms with van der Waals surface area (Å²) >= 11 is 6.11. The lowest BCUT2D eigenvalue weighted by molar-refractivity contribution is -0.153. The molecular weight excluding hydrogens is 712 g/mol. The minimum Gasteiger partial charge on any atom is -0.371 e. The van der Waals surface area contributed by atoms with E-state index >= 15 is 0 Å². The molecule has 0 aromatic heterocycles. The number of imide groups is 4. The number of carbonyl (C=O) groups is 6. The van der Waals surface area contributed by atoms with Crippen molar-refractivity contribution in [3.63, 3.8) is 0 Å². The molecule has 0 saturated carbocycles. The van der Waals surface area contributed by atoms with Crippen LogP contribution in [-0.2, 0) is 43.5 Å². The van der Waals surface area contributed by atoms with Crippen molar-refractivity contribution in [3.8, 4) is 0 Å². The number of halogens is 2. The van der Waals surface area contributed by atoms with Crippen LogP contribution >= 0.6 is 31.9 Å². The number of benzene rings is 1. The number of hydrogen-bond acceptors (Lipinski definition) is 10. The van der Waals surface area contributed by atoms with Crippen LogP contribution in [0.3, 0.4) is 0 Å². The number of carbonyl (C=O) groups excluding carboxylic acids is 6. The Bertz CT molecular complexity index is 1300. The van der Waals surface area contributed by atoms with Crippen LogP contribution in [0.1, 0.15) is 18.9 Å². The molecule has 6 heterocycles. The largest absolute Gasteiger partial charge is 0.371 e. The molecule has 6 aliphatic rings. The second kappa shape index (κ2) is 11.9. The molecule has 4 unspecified atom stereocenters. The third-order valence-electron chi connectivity index (χ3n) is 8.12. The predicted octanol–water partition coefficient (Wildman–Crippen LogP) is 0.984. The van der Waals surface area contributed by atoms with Gasteiger partial charge in [0.05, 0.1) is 77.0 Å². The normalized spacial score (nSPS) is 32.1. The summed E-state index contributed by atoms with van der Waals surface area (Å²) < 4.78 is 18.9. The van der Waals surface area contributed by atoms with Crippen molar-refractivity contribution in [1.82, 2.24) is 19.6 Å². The Labute approximate surface area is 269 Å². The molecule has 0 radical (unpaired) electrons. The molecule has 6 saturated heterocycles. The van der Waals surface area contributed by atoms with Crippen molar-refractivity contribution in [3.05, 3.63) is 35.9 Å². The molecule has 0 spiro atoms. The fourth-order valence-electron chi connectivity index (χ4n) is 5.25. The highest BCUT2D eigenvalue weighted by atomic mass is 79.9. The number of alkyl halides is 2. The number of urea groups is 2. The van der Waals surface area contributed by atoms with Gasteiger partial charge in [-0.2, -0.15) is 0 Å². The highest BCUT2D eigenvalue weighted by molar-refractivity contribution is 9.26. The Hall–Kier alpha value is -2.76. The molecule has 1 aromatic carbocycles. The van der Waals surface area contributed by atoms with Crippen molar-refractivity contribution in [2.45, 2.75) is 46.4 Å². The van der Waals surface area contributed by atoms with Crippen LogP contribution in [0.4, 0.5) is 9.59 Å². The number of rotatable bonds is 10. The maximum atomic E-state index is 13.3. The van der Waals surface area contributed by atoms with E-state index < -0.39 is 44.3 Å². The van der Waals surface area contributed by atoms with E-state index in [9.17, 15) is 28.8 Å². The number of hydrogen-bond donors (Lipinski definition) is 0. The molecule has 1 aromatic rings. The molecule has 6 aliphatic heterocycles. The molecule has 0 aliphatic carbocycles.